The molecule has 0 aliphatic rings. The second kappa shape index (κ2) is 42.8. The van der Waals surface area contributed by atoms with E-state index in [9.17, 15) is 19.0 Å². The number of carbonyl (C=O) groups is 2. The Morgan fingerprint density at radius 3 is 1.46 bits per heavy atom. The highest BCUT2D eigenvalue weighted by Gasteiger charge is 2.26. The minimum Gasteiger partial charge on any atom is -0.462 e. The predicted molar refractivity (Wildman–Crippen MR) is 234 cm³/mol. The molecule has 0 heterocycles. The SMILES string of the molecule is CCCCC/C=C\C/C=C\C/C=C\CCCCC(=O)OC(COC(=O)CCCCCCCCCCCCCCCCCCCCC)COP(=O)(O)OCCNC. The van der Waals surface area contributed by atoms with Crippen molar-refractivity contribution in [3.05, 3.63) is 36.5 Å². The minimum absolute atomic E-state index is 0.0234. The molecule has 0 amide bonds. The molecule has 0 aromatic rings. The second-order valence-corrected chi connectivity index (χ2v) is 16.7. The topological polar surface area (TPSA) is 120 Å². The van der Waals surface area contributed by atoms with Crippen molar-refractivity contribution in [3.63, 3.8) is 0 Å². The van der Waals surface area contributed by atoms with E-state index in [2.05, 4.69) is 55.6 Å². The van der Waals surface area contributed by atoms with Gasteiger partial charge in [-0.3, -0.25) is 18.6 Å². The lowest BCUT2D eigenvalue weighted by molar-refractivity contribution is -0.161. The third kappa shape index (κ3) is 41.9. The third-order valence-corrected chi connectivity index (χ3v) is 10.7. The molecule has 0 aliphatic heterocycles. The average molecular weight is 812 g/mol. The van der Waals surface area contributed by atoms with Crippen molar-refractivity contribution >= 4 is 19.8 Å². The molecule has 0 aromatic heterocycles. The molecule has 10 heteroatoms. The van der Waals surface area contributed by atoms with Gasteiger partial charge in [-0.05, 0) is 58.4 Å². The summed E-state index contributed by atoms with van der Waals surface area (Å²) in [6.07, 6.45) is 46.2. The van der Waals surface area contributed by atoms with Gasteiger partial charge in [-0.25, -0.2) is 4.57 Å². The van der Waals surface area contributed by atoms with Crippen LogP contribution in [0.2, 0.25) is 0 Å². The average Bonchev–Trinajstić information content (AvgIpc) is 3.18. The fourth-order valence-corrected chi connectivity index (χ4v) is 7.02. The molecule has 2 N–H and O–H groups in total. The number of phosphoric acid groups is 1. The fraction of sp³-hybridized carbons (Fsp3) is 0.826. The summed E-state index contributed by atoms with van der Waals surface area (Å²) in [6.45, 7) is 4.17. The first-order chi connectivity index (χ1) is 27.3. The van der Waals surface area contributed by atoms with E-state index in [0.717, 1.165) is 51.4 Å². The summed E-state index contributed by atoms with van der Waals surface area (Å²) in [5.41, 5.74) is 0. The van der Waals surface area contributed by atoms with Gasteiger partial charge in [-0.1, -0.05) is 179 Å². The van der Waals surface area contributed by atoms with Gasteiger partial charge in [0.25, 0.3) is 0 Å². The number of esters is 2. The lowest BCUT2D eigenvalue weighted by Crippen LogP contribution is -2.29. The Morgan fingerprint density at radius 1 is 0.554 bits per heavy atom. The Kier molecular flexibility index (Phi) is 41.5. The maximum absolute atomic E-state index is 12.6. The van der Waals surface area contributed by atoms with E-state index in [-0.39, 0.29) is 32.0 Å². The van der Waals surface area contributed by atoms with Crippen molar-refractivity contribution in [1.29, 1.82) is 0 Å². The lowest BCUT2D eigenvalue weighted by Gasteiger charge is -2.20. The quantitative estimate of drug-likeness (QED) is 0.0268. The van der Waals surface area contributed by atoms with Crippen LogP contribution in [-0.2, 0) is 32.7 Å². The summed E-state index contributed by atoms with van der Waals surface area (Å²) in [5.74, 6) is -0.844. The van der Waals surface area contributed by atoms with E-state index >= 15 is 0 Å². The zero-order chi connectivity index (χ0) is 41.1. The van der Waals surface area contributed by atoms with Gasteiger partial charge in [0.2, 0.25) is 0 Å². The number of likely N-dealkylation sites (N-methyl/N-ethyl adjacent to an activating group) is 1. The van der Waals surface area contributed by atoms with Crippen molar-refractivity contribution in [1.82, 2.24) is 5.32 Å². The highest BCUT2D eigenvalue weighted by atomic mass is 31.2. The Bertz CT molecular complexity index is 1020. The maximum atomic E-state index is 12.6. The molecule has 9 nitrogen and oxygen atoms in total. The zero-order valence-corrected chi connectivity index (χ0v) is 37.2. The van der Waals surface area contributed by atoms with Gasteiger partial charge in [-0.2, -0.15) is 0 Å². The molecule has 56 heavy (non-hydrogen) atoms. The number of unbranched alkanes of at least 4 members (excludes halogenated alkanes) is 23. The standard InChI is InChI=1S/C46H86NO8P/c1-4-6-8-10-12-14-16-18-20-21-22-23-25-26-28-30-32-34-36-38-45(48)52-42-44(43-54-56(50,51)53-41-40-47-3)55-46(49)39-37-35-33-31-29-27-24-19-17-15-13-11-9-7-5-2/h13,15,19,24,29,31,44,47H,4-12,14,16-18,20-23,25-28,30,32-43H2,1-3H3,(H,50,51)/b15-13-,24-19-,31-29-. The summed E-state index contributed by atoms with van der Waals surface area (Å²) in [6, 6.07) is 0. The first kappa shape index (κ1) is 54.2. The van der Waals surface area contributed by atoms with Crippen LogP contribution in [-0.4, -0.2) is 56.3 Å². The third-order valence-electron chi connectivity index (χ3n) is 9.76. The Labute approximate surface area is 344 Å². The smallest absolute Gasteiger partial charge is 0.462 e. The number of phosphoric ester groups is 1. The van der Waals surface area contributed by atoms with Crippen LogP contribution in [0.5, 0.6) is 0 Å². The molecular weight excluding hydrogens is 725 g/mol. The van der Waals surface area contributed by atoms with Crippen molar-refractivity contribution in [2.75, 3.05) is 33.4 Å². The van der Waals surface area contributed by atoms with Gasteiger partial charge in [0, 0.05) is 19.4 Å². The van der Waals surface area contributed by atoms with Crippen LogP contribution in [0.3, 0.4) is 0 Å². The highest BCUT2D eigenvalue weighted by molar-refractivity contribution is 7.47. The molecule has 0 radical (unpaired) electrons. The highest BCUT2D eigenvalue weighted by Crippen LogP contribution is 2.43. The Morgan fingerprint density at radius 2 is 0.964 bits per heavy atom. The fourth-order valence-electron chi connectivity index (χ4n) is 6.27. The molecule has 0 aliphatic carbocycles. The van der Waals surface area contributed by atoms with E-state index in [4.69, 9.17) is 18.5 Å². The molecule has 0 bridgehead atoms. The van der Waals surface area contributed by atoms with Gasteiger partial charge in [-0.15, -0.1) is 0 Å². The minimum atomic E-state index is -4.36. The number of hydrogen-bond acceptors (Lipinski definition) is 8. The van der Waals surface area contributed by atoms with Crippen molar-refractivity contribution < 1.29 is 37.6 Å². The van der Waals surface area contributed by atoms with E-state index in [1.165, 1.54) is 122 Å². The second-order valence-electron chi connectivity index (χ2n) is 15.2. The number of allylic oxidation sites excluding steroid dienone is 6. The maximum Gasteiger partial charge on any atom is 0.472 e. The Balaban J connectivity index is 4.20. The molecule has 0 aromatic carbocycles. The van der Waals surface area contributed by atoms with Crippen LogP contribution in [0.25, 0.3) is 0 Å². The van der Waals surface area contributed by atoms with Crippen LogP contribution >= 0.6 is 7.82 Å². The molecule has 328 valence electrons. The summed E-state index contributed by atoms with van der Waals surface area (Å²) in [5, 5.41) is 2.82. The molecule has 0 spiro atoms. The zero-order valence-electron chi connectivity index (χ0n) is 36.3. The largest absolute Gasteiger partial charge is 0.472 e. The summed E-state index contributed by atoms with van der Waals surface area (Å²) in [7, 11) is -2.66. The van der Waals surface area contributed by atoms with E-state index in [0.29, 0.717) is 13.0 Å². The lowest BCUT2D eigenvalue weighted by atomic mass is 10.0. The molecule has 0 saturated carbocycles. The van der Waals surface area contributed by atoms with Crippen LogP contribution in [0.1, 0.15) is 206 Å². The molecule has 2 atom stereocenters. The molecule has 0 rings (SSSR count). The first-order valence-electron chi connectivity index (χ1n) is 22.9. The normalized spacial score (nSPS) is 13.6. The van der Waals surface area contributed by atoms with Gasteiger partial charge in [0.15, 0.2) is 6.10 Å². The monoisotopic (exact) mass is 812 g/mol. The number of nitrogens with one attached hydrogen (secondary N) is 1. The van der Waals surface area contributed by atoms with Gasteiger partial charge >= 0.3 is 19.8 Å². The van der Waals surface area contributed by atoms with Crippen molar-refractivity contribution in [3.8, 4) is 0 Å². The van der Waals surface area contributed by atoms with Crippen molar-refractivity contribution in [2.45, 2.75) is 213 Å². The van der Waals surface area contributed by atoms with Crippen LogP contribution in [0.15, 0.2) is 36.5 Å². The van der Waals surface area contributed by atoms with Crippen LogP contribution < -0.4 is 5.32 Å². The molecule has 2 unspecified atom stereocenters. The number of carbonyl (C=O) groups excluding carboxylic acids is 2. The molecule has 0 fully saturated rings. The van der Waals surface area contributed by atoms with E-state index in [1.54, 1.807) is 7.05 Å². The van der Waals surface area contributed by atoms with Crippen LogP contribution in [0.4, 0.5) is 0 Å². The number of hydrogen-bond donors (Lipinski definition) is 2. The van der Waals surface area contributed by atoms with Gasteiger partial charge in [0.1, 0.15) is 6.61 Å². The molecular formula is C46H86NO8P. The first-order valence-corrected chi connectivity index (χ1v) is 24.4. The van der Waals surface area contributed by atoms with Crippen molar-refractivity contribution in [2.24, 2.45) is 0 Å². The Hall–Kier alpha value is -1.77. The van der Waals surface area contributed by atoms with E-state index in [1.807, 2.05) is 0 Å². The number of ether oxygens (including phenoxy) is 2. The number of rotatable bonds is 43. The van der Waals surface area contributed by atoms with Crippen LogP contribution in [0, 0.1) is 0 Å². The van der Waals surface area contributed by atoms with Gasteiger partial charge in [0.05, 0.1) is 13.2 Å². The molecule has 0 saturated heterocycles. The van der Waals surface area contributed by atoms with Gasteiger partial charge < -0.3 is 19.7 Å². The summed E-state index contributed by atoms with van der Waals surface area (Å²) >= 11 is 0. The summed E-state index contributed by atoms with van der Waals surface area (Å²) in [4.78, 5) is 35.1. The van der Waals surface area contributed by atoms with E-state index < -0.39 is 26.5 Å². The predicted octanol–water partition coefficient (Wildman–Crippen LogP) is 13.2. The summed E-state index contributed by atoms with van der Waals surface area (Å²) < 4.78 is 33.2.